The van der Waals surface area contributed by atoms with Crippen molar-refractivity contribution in [1.82, 2.24) is 0 Å². The van der Waals surface area contributed by atoms with Gasteiger partial charge in [-0.2, -0.15) is 0 Å². The van der Waals surface area contributed by atoms with Crippen LogP contribution in [0, 0.1) is 0 Å². The van der Waals surface area contributed by atoms with Crippen LogP contribution in [0.4, 0.5) is 0 Å². The molecule has 0 heterocycles. The van der Waals surface area contributed by atoms with Crippen LogP contribution >= 0.6 is 10.0 Å². The van der Waals surface area contributed by atoms with Crippen LogP contribution in [0.25, 0.3) is 0 Å². The molecule has 0 aliphatic heterocycles. The van der Waals surface area contributed by atoms with Gasteiger partial charge in [-0.15, -0.1) is 0 Å². The van der Waals surface area contributed by atoms with Gasteiger partial charge < -0.3 is 5.73 Å². The van der Waals surface area contributed by atoms with Crippen molar-refractivity contribution in [1.29, 1.82) is 0 Å². The molecule has 68 valence electrons. The summed E-state index contributed by atoms with van der Waals surface area (Å²) < 4.78 is 0. The van der Waals surface area contributed by atoms with E-state index in [0.717, 1.165) is 0 Å². The Balaban J connectivity index is 2.93. The minimum absolute atomic E-state index is 0.569. The summed E-state index contributed by atoms with van der Waals surface area (Å²) in [6.07, 6.45) is 6.89. The third-order valence-electron chi connectivity index (χ3n) is 1.87. The van der Waals surface area contributed by atoms with Crippen molar-refractivity contribution in [3.05, 3.63) is 29.8 Å². The van der Waals surface area contributed by atoms with Crippen LogP contribution < -0.4 is 5.73 Å². The largest absolute Gasteiger partial charge is 0.326 e. The van der Waals surface area contributed by atoms with Gasteiger partial charge in [-0.05, 0) is 41.4 Å². The number of benzene rings is 1. The molecule has 0 saturated carbocycles. The first-order valence-electron chi connectivity index (χ1n) is 4.01. The Morgan fingerprint density at radius 2 is 1.58 bits per heavy atom. The predicted molar refractivity (Wildman–Crippen MR) is 58.0 cm³/mol. The maximum atomic E-state index is 5.52. The SMILES string of the molecule is CS(C)(C)c1ccc(CN)cc1. The first-order valence-corrected chi connectivity index (χ1v) is 6.87. The van der Waals surface area contributed by atoms with Gasteiger partial charge in [0.1, 0.15) is 0 Å². The Morgan fingerprint density at radius 3 is 1.92 bits per heavy atom. The van der Waals surface area contributed by atoms with E-state index in [-0.39, 0.29) is 0 Å². The molecule has 0 saturated heterocycles. The lowest BCUT2D eigenvalue weighted by Crippen LogP contribution is -1.97. The Morgan fingerprint density at radius 1 is 1.08 bits per heavy atom. The van der Waals surface area contributed by atoms with Crippen LogP contribution in [0.15, 0.2) is 29.2 Å². The predicted octanol–water partition coefficient (Wildman–Crippen LogP) is 2.20. The van der Waals surface area contributed by atoms with Gasteiger partial charge in [-0.3, -0.25) is 0 Å². The van der Waals surface area contributed by atoms with Gasteiger partial charge >= 0.3 is 0 Å². The molecule has 1 nitrogen and oxygen atoms in total. The molecule has 1 aromatic carbocycles. The first-order chi connectivity index (χ1) is 5.54. The van der Waals surface area contributed by atoms with Crippen molar-refractivity contribution >= 4 is 10.0 Å². The Bertz CT molecular complexity index is 246. The average molecular weight is 183 g/mol. The molecule has 2 N–H and O–H groups in total. The highest BCUT2D eigenvalue weighted by atomic mass is 32.3. The van der Waals surface area contributed by atoms with Gasteiger partial charge in [0.05, 0.1) is 0 Å². The van der Waals surface area contributed by atoms with Gasteiger partial charge in [0.15, 0.2) is 0 Å². The summed E-state index contributed by atoms with van der Waals surface area (Å²) in [5, 5.41) is 0. The molecule has 0 aromatic heterocycles. The van der Waals surface area contributed by atoms with E-state index in [1.54, 1.807) is 0 Å². The monoisotopic (exact) mass is 183 g/mol. The molecule has 0 amide bonds. The minimum atomic E-state index is -0.569. The van der Waals surface area contributed by atoms with Crippen molar-refractivity contribution in [3.63, 3.8) is 0 Å². The molecular formula is C10H17NS. The van der Waals surface area contributed by atoms with Crippen molar-refractivity contribution in [3.8, 4) is 0 Å². The smallest absolute Gasteiger partial charge is 0.0178 e. The molecule has 1 aromatic rings. The summed E-state index contributed by atoms with van der Waals surface area (Å²) >= 11 is 0. The van der Waals surface area contributed by atoms with Crippen LogP contribution in [0.1, 0.15) is 5.56 Å². The van der Waals surface area contributed by atoms with Crippen LogP contribution in [0.3, 0.4) is 0 Å². The summed E-state index contributed by atoms with van der Waals surface area (Å²) in [5.41, 5.74) is 6.73. The third kappa shape index (κ3) is 2.26. The van der Waals surface area contributed by atoms with E-state index in [9.17, 15) is 0 Å². The highest BCUT2D eigenvalue weighted by Crippen LogP contribution is 2.44. The summed E-state index contributed by atoms with van der Waals surface area (Å²) in [6, 6.07) is 8.62. The van der Waals surface area contributed by atoms with Gasteiger partial charge in [0, 0.05) is 6.54 Å². The second kappa shape index (κ2) is 3.50. The first kappa shape index (κ1) is 9.62. The number of hydrogen-bond acceptors (Lipinski definition) is 1. The fourth-order valence-corrected chi connectivity index (χ4v) is 1.99. The lowest BCUT2D eigenvalue weighted by Gasteiger charge is -2.25. The summed E-state index contributed by atoms with van der Waals surface area (Å²) in [7, 11) is -0.569. The molecule has 12 heavy (non-hydrogen) atoms. The fourth-order valence-electron chi connectivity index (χ4n) is 1.03. The highest BCUT2D eigenvalue weighted by molar-refractivity contribution is 8.32. The summed E-state index contributed by atoms with van der Waals surface area (Å²) in [4.78, 5) is 1.44. The molecule has 0 fully saturated rings. The highest BCUT2D eigenvalue weighted by Gasteiger charge is 2.06. The van der Waals surface area contributed by atoms with Gasteiger partial charge in [0.2, 0.25) is 0 Å². The van der Waals surface area contributed by atoms with Crippen molar-refractivity contribution in [2.75, 3.05) is 18.8 Å². The van der Waals surface area contributed by atoms with E-state index in [1.165, 1.54) is 10.5 Å². The van der Waals surface area contributed by atoms with Crippen molar-refractivity contribution in [2.24, 2.45) is 5.73 Å². The second-order valence-corrected chi connectivity index (χ2v) is 7.83. The summed E-state index contributed by atoms with van der Waals surface area (Å²) in [6.45, 7) is 0.639. The zero-order chi connectivity index (χ0) is 9.19. The molecule has 1 rings (SSSR count). The average Bonchev–Trinajstić information content (AvgIpc) is 2.03. The molecule has 0 spiro atoms. The minimum Gasteiger partial charge on any atom is -0.326 e. The van der Waals surface area contributed by atoms with Crippen molar-refractivity contribution < 1.29 is 0 Å². The van der Waals surface area contributed by atoms with Crippen LogP contribution in [-0.4, -0.2) is 18.8 Å². The summed E-state index contributed by atoms with van der Waals surface area (Å²) in [5.74, 6) is 0. The van der Waals surface area contributed by atoms with Crippen LogP contribution in [0.5, 0.6) is 0 Å². The normalized spacial score (nSPS) is 13.0. The van der Waals surface area contributed by atoms with Crippen LogP contribution in [-0.2, 0) is 6.54 Å². The van der Waals surface area contributed by atoms with Crippen LogP contribution in [0.2, 0.25) is 0 Å². The standard InChI is InChI=1S/C10H17NS/c1-12(2,3)10-6-4-9(8-11)5-7-10/h4-7H,8,11H2,1-3H3. The molecule has 2 heteroatoms. The maximum absolute atomic E-state index is 5.52. The maximum Gasteiger partial charge on any atom is 0.0178 e. The van der Waals surface area contributed by atoms with E-state index in [2.05, 4.69) is 43.0 Å². The number of rotatable bonds is 2. The van der Waals surface area contributed by atoms with E-state index >= 15 is 0 Å². The van der Waals surface area contributed by atoms with Gasteiger partial charge in [-0.1, -0.05) is 12.1 Å². The lowest BCUT2D eigenvalue weighted by molar-refractivity contribution is 1.06. The van der Waals surface area contributed by atoms with Gasteiger partial charge in [0.25, 0.3) is 0 Å². The quantitative estimate of drug-likeness (QED) is 0.747. The van der Waals surface area contributed by atoms with Crippen molar-refractivity contribution in [2.45, 2.75) is 11.4 Å². The lowest BCUT2D eigenvalue weighted by atomic mass is 10.2. The molecular weight excluding hydrogens is 166 g/mol. The molecule has 0 unspecified atom stereocenters. The zero-order valence-corrected chi connectivity index (χ0v) is 8.82. The Labute approximate surface area is 76.3 Å². The van der Waals surface area contributed by atoms with E-state index in [1.807, 2.05) is 0 Å². The zero-order valence-electron chi connectivity index (χ0n) is 8.00. The van der Waals surface area contributed by atoms with E-state index in [4.69, 9.17) is 5.73 Å². The van der Waals surface area contributed by atoms with E-state index in [0.29, 0.717) is 6.54 Å². The number of hydrogen-bond donors (Lipinski definition) is 1. The Kier molecular flexibility index (Phi) is 2.80. The molecule has 0 radical (unpaired) electrons. The molecule has 0 aliphatic rings. The fraction of sp³-hybridized carbons (Fsp3) is 0.400. The molecule has 0 atom stereocenters. The topological polar surface area (TPSA) is 26.0 Å². The molecule has 0 bridgehead atoms. The Hall–Kier alpha value is -0.470. The van der Waals surface area contributed by atoms with E-state index < -0.39 is 10.0 Å². The molecule has 0 aliphatic carbocycles. The third-order valence-corrected chi connectivity index (χ3v) is 3.55. The second-order valence-electron chi connectivity index (χ2n) is 3.69. The number of nitrogens with two attached hydrogens (primary N) is 1. The van der Waals surface area contributed by atoms with Gasteiger partial charge in [-0.25, -0.2) is 10.0 Å².